The average molecular weight is 458 g/mol. The van der Waals surface area contributed by atoms with Gasteiger partial charge in [0.05, 0.1) is 17.6 Å². The van der Waals surface area contributed by atoms with Crippen LogP contribution in [0.5, 0.6) is 0 Å². The summed E-state index contributed by atoms with van der Waals surface area (Å²) in [5.41, 5.74) is 8.43. The second-order valence-electron chi connectivity index (χ2n) is 7.49. The maximum absolute atomic E-state index is 12.7. The predicted molar refractivity (Wildman–Crippen MR) is 122 cm³/mol. The van der Waals surface area contributed by atoms with Gasteiger partial charge in [-0.1, -0.05) is 19.9 Å². The molecule has 0 saturated carbocycles. The van der Waals surface area contributed by atoms with Gasteiger partial charge in [-0.2, -0.15) is 4.31 Å². The molecule has 2 amide bonds. The molecule has 2 N–H and O–H groups in total. The Morgan fingerprint density at radius 3 is 2.38 bits per heavy atom. The molecule has 32 heavy (non-hydrogen) atoms. The van der Waals surface area contributed by atoms with Crippen LogP contribution in [-0.4, -0.2) is 37.6 Å². The van der Waals surface area contributed by atoms with E-state index in [9.17, 15) is 18.0 Å². The maximum Gasteiger partial charge on any atom is 0.269 e. The molecule has 0 bridgehead atoms. The Hall–Kier alpha value is -3.17. The van der Waals surface area contributed by atoms with Gasteiger partial charge in [-0.3, -0.25) is 20.4 Å². The standard InChI is InChI=1S/C23H27N3O5S/c1-5-26(6-2)32(29,30)19-9-7-8-17(12-19)23(28)25-24-22(27)13-18-14-31-21-11-16(4)15(3)10-20(18)21/h7-12,14H,5-6,13H2,1-4H3,(H,24,27)(H,25,28). The molecular weight excluding hydrogens is 430 g/mol. The van der Waals surface area contributed by atoms with Crippen LogP contribution in [-0.2, 0) is 21.2 Å². The molecule has 0 saturated heterocycles. The van der Waals surface area contributed by atoms with Gasteiger partial charge in [0.2, 0.25) is 15.9 Å². The summed E-state index contributed by atoms with van der Waals surface area (Å²) < 4.78 is 32.2. The molecule has 0 aliphatic rings. The summed E-state index contributed by atoms with van der Waals surface area (Å²) in [4.78, 5) is 24.9. The van der Waals surface area contributed by atoms with Crippen LogP contribution < -0.4 is 10.9 Å². The van der Waals surface area contributed by atoms with Crippen molar-refractivity contribution in [1.29, 1.82) is 0 Å². The van der Waals surface area contributed by atoms with Gasteiger partial charge in [-0.15, -0.1) is 0 Å². The van der Waals surface area contributed by atoms with E-state index >= 15 is 0 Å². The van der Waals surface area contributed by atoms with Crippen LogP contribution in [0.1, 0.15) is 40.9 Å². The van der Waals surface area contributed by atoms with Gasteiger partial charge in [0, 0.05) is 29.6 Å². The van der Waals surface area contributed by atoms with Crippen molar-refractivity contribution in [3.8, 4) is 0 Å². The van der Waals surface area contributed by atoms with E-state index in [1.165, 1.54) is 34.8 Å². The van der Waals surface area contributed by atoms with E-state index in [4.69, 9.17) is 4.42 Å². The van der Waals surface area contributed by atoms with Gasteiger partial charge in [0.15, 0.2) is 0 Å². The fourth-order valence-electron chi connectivity index (χ4n) is 3.40. The number of nitrogens with zero attached hydrogens (tertiary/aromatic N) is 1. The van der Waals surface area contributed by atoms with Crippen molar-refractivity contribution >= 4 is 32.8 Å². The van der Waals surface area contributed by atoms with Crippen molar-refractivity contribution in [2.75, 3.05) is 13.1 Å². The summed E-state index contributed by atoms with van der Waals surface area (Å²) >= 11 is 0. The molecule has 9 heteroatoms. The van der Waals surface area contributed by atoms with Gasteiger partial charge in [-0.05, 0) is 55.3 Å². The monoisotopic (exact) mass is 457 g/mol. The van der Waals surface area contributed by atoms with Crippen molar-refractivity contribution in [3.63, 3.8) is 0 Å². The molecule has 170 valence electrons. The number of rotatable bonds is 7. The topological polar surface area (TPSA) is 109 Å². The lowest BCUT2D eigenvalue weighted by atomic mass is 10.0. The van der Waals surface area contributed by atoms with Crippen LogP contribution in [0.15, 0.2) is 52.0 Å². The largest absolute Gasteiger partial charge is 0.464 e. The number of hydrogen-bond donors (Lipinski definition) is 2. The molecule has 3 rings (SSSR count). The van der Waals surface area contributed by atoms with Crippen molar-refractivity contribution in [3.05, 3.63) is 64.9 Å². The summed E-state index contributed by atoms with van der Waals surface area (Å²) in [6.07, 6.45) is 1.55. The minimum Gasteiger partial charge on any atom is -0.464 e. The van der Waals surface area contributed by atoms with E-state index in [0.717, 1.165) is 16.5 Å². The molecule has 0 fully saturated rings. The molecule has 0 aliphatic heterocycles. The maximum atomic E-state index is 12.7. The van der Waals surface area contributed by atoms with Crippen molar-refractivity contribution in [2.24, 2.45) is 0 Å². The Labute approximate surface area is 187 Å². The molecule has 3 aromatic rings. The van der Waals surface area contributed by atoms with E-state index in [-0.39, 0.29) is 16.9 Å². The molecular formula is C23H27N3O5S. The molecule has 1 heterocycles. The molecule has 0 aliphatic carbocycles. The van der Waals surface area contributed by atoms with E-state index < -0.39 is 21.8 Å². The van der Waals surface area contributed by atoms with Crippen LogP contribution in [0, 0.1) is 13.8 Å². The van der Waals surface area contributed by atoms with Crippen LogP contribution >= 0.6 is 0 Å². The third-order valence-corrected chi connectivity index (χ3v) is 7.42. The van der Waals surface area contributed by atoms with Gasteiger partial charge in [-0.25, -0.2) is 8.42 Å². The Bertz CT molecular complexity index is 1260. The zero-order valence-electron chi connectivity index (χ0n) is 18.6. The second-order valence-corrected chi connectivity index (χ2v) is 9.43. The first kappa shape index (κ1) is 23.5. The van der Waals surface area contributed by atoms with Crippen LogP contribution in [0.4, 0.5) is 0 Å². The number of carbonyl (C=O) groups is 2. The lowest BCUT2D eigenvalue weighted by molar-refractivity contribution is -0.121. The normalized spacial score (nSPS) is 11.7. The first-order valence-electron chi connectivity index (χ1n) is 10.3. The Kier molecular flexibility index (Phi) is 7.00. The number of hydrazine groups is 1. The lowest BCUT2D eigenvalue weighted by Gasteiger charge is -2.18. The summed E-state index contributed by atoms with van der Waals surface area (Å²) in [6.45, 7) is 8.12. The number of nitrogens with one attached hydrogen (secondary N) is 2. The molecule has 2 aromatic carbocycles. The summed E-state index contributed by atoms with van der Waals surface area (Å²) in [5.74, 6) is -1.04. The highest BCUT2D eigenvalue weighted by Gasteiger charge is 2.22. The zero-order chi connectivity index (χ0) is 23.5. The van der Waals surface area contributed by atoms with Gasteiger partial charge < -0.3 is 4.42 Å². The molecule has 8 nitrogen and oxygen atoms in total. The third-order valence-electron chi connectivity index (χ3n) is 5.38. The second kappa shape index (κ2) is 9.54. The van der Waals surface area contributed by atoms with Crippen molar-refractivity contribution < 1.29 is 22.4 Å². The van der Waals surface area contributed by atoms with Crippen LogP contribution in [0.3, 0.4) is 0 Å². The average Bonchev–Trinajstić information content (AvgIpc) is 3.14. The number of furan rings is 1. The summed E-state index contributed by atoms with van der Waals surface area (Å²) in [6, 6.07) is 9.61. The van der Waals surface area contributed by atoms with Gasteiger partial charge in [0.1, 0.15) is 5.58 Å². The van der Waals surface area contributed by atoms with Crippen molar-refractivity contribution in [2.45, 2.75) is 39.0 Å². The van der Waals surface area contributed by atoms with Crippen LogP contribution in [0.25, 0.3) is 11.0 Å². The zero-order valence-corrected chi connectivity index (χ0v) is 19.4. The molecule has 0 radical (unpaired) electrons. The number of hydrogen-bond acceptors (Lipinski definition) is 5. The minimum absolute atomic E-state index is 0.0200. The van der Waals surface area contributed by atoms with E-state index in [2.05, 4.69) is 10.9 Å². The highest BCUT2D eigenvalue weighted by atomic mass is 32.2. The number of sulfonamides is 1. The number of amides is 2. The Balaban J connectivity index is 1.67. The predicted octanol–water partition coefficient (Wildman–Crippen LogP) is 3.08. The van der Waals surface area contributed by atoms with Crippen LogP contribution in [0.2, 0.25) is 0 Å². The highest BCUT2D eigenvalue weighted by molar-refractivity contribution is 7.89. The molecule has 0 atom stereocenters. The smallest absolute Gasteiger partial charge is 0.269 e. The minimum atomic E-state index is -3.69. The molecule has 0 spiro atoms. The number of aryl methyl sites for hydroxylation is 2. The first-order chi connectivity index (χ1) is 15.2. The number of carbonyl (C=O) groups excluding carboxylic acids is 2. The highest BCUT2D eigenvalue weighted by Crippen LogP contribution is 2.25. The van der Waals surface area contributed by atoms with Gasteiger partial charge in [0.25, 0.3) is 5.91 Å². The van der Waals surface area contributed by atoms with Crippen molar-refractivity contribution in [1.82, 2.24) is 15.2 Å². The fraction of sp³-hybridized carbons (Fsp3) is 0.304. The van der Waals surface area contributed by atoms with Gasteiger partial charge >= 0.3 is 0 Å². The third kappa shape index (κ3) is 4.84. The quantitative estimate of drug-likeness (QED) is 0.530. The van der Waals surface area contributed by atoms with E-state index in [0.29, 0.717) is 24.2 Å². The first-order valence-corrected chi connectivity index (χ1v) is 11.8. The Morgan fingerprint density at radius 2 is 1.69 bits per heavy atom. The summed E-state index contributed by atoms with van der Waals surface area (Å²) in [7, 11) is -3.69. The lowest BCUT2D eigenvalue weighted by Crippen LogP contribution is -2.42. The van der Waals surface area contributed by atoms with E-state index in [1.54, 1.807) is 13.8 Å². The van der Waals surface area contributed by atoms with E-state index in [1.807, 2.05) is 26.0 Å². The number of fused-ring (bicyclic) bond motifs is 1. The summed E-state index contributed by atoms with van der Waals surface area (Å²) in [5, 5.41) is 0.851. The molecule has 0 unspecified atom stereocenters. The molecule has 1 aromatic heterocycles. The SMILES string of the molecule is CCN(CC)S(=O)(=O)c1cccc(C(=O)NNC(=O)Cc2coc3cc(C)c(C)cc23)c1. The Morgan fingerprint density at radius 1 is 1.00 bits per heavy atom. The number of benzene rings is 2. The fourth-order valence-corrected chi connectivity index (χ4v) is 4.90.